The molecule has 2 unspecified atom stereocenters. The van der Waals surface area contributed by atoms with E-state index >= 15 is 0 Å². The molecule has 0 radical (unpaired) electrons. The van der Waals surface area contributed by atoms with E-state index < -0.39 is 5.97 Å². The molecule has 1 heterocycles. The lowest BCUT2D eigenvalue weighted by Crippen LogP contribution is -2.07. The monoisotopic (exact) mass is 258 g/mol. The Kier molecular flexibility index (Phi) is 2.58. The standard InChI is InChI=1S/C13H14N4O2/c1-7-4-3-5-11(8(7)2)17-12(14-15-16-17)9-6-10(9)13(18)19/h3-5,9-10H,6H2,1-2H3,(H,18,19). The van der Waals surface area contributed by atoms with Crippen LogP contribution in [0.25, 0.3) is 5.69 Å². The van der Waals surface area contributed by atoms with Gasteiger partial charge in [-0.05, 0) is 47.9 Å². The Morgan fingerprint density at radius 3 is 2.89 bits per heavy atom. The van der Waals surface area contributed by atoms with Gasteiger partial charge in [0.25, 0.3) is 0 Å². The summed E-state index contributed by atoms with van der Waals surface area (Å²) in [5.41, 5.74) is 3.17. The highest BCUT2D eigenvalue weighted by atomic mass is 16.4. The van der Waals surface area contributed by atoms with Gasteiger partial charge in [0.1, 0.15) is 0 Å². The number of rotatable bonds is 3. The van der Waals surface area contributed by atoms with E-state index in [1.807, 2.05) is 32.0 Å². The van der Waals surface area contributed by atoms with E-state index in [0.29, 0.717) is 12.2 Å². The fourth-order valence-corrected chi connectivity index (χ4v) is 2.32. The van der Waals surface area contributed by atoms with Crippen LogP contribution in [0, 0.1) is 19.8 Å². The zero-order chi connectivity index (χ0) is 13.6. The predicted molar refractivity (Wildman–Crippen MR) is 67.1 cm³/mol. The van der Waals surface area contributed by atoms with Gasteiger partial charge in [-0.1, -0.05) is 12.1 Å². The molecule has 6 heteroatoms. The summed E-state index contributed by atoms with van der Waals surface area (Å²) in [6.07, 6.45) is 0.612. The number of aromatic nitrogens is 4. The first-order valence-electron chi connectivity index (χ1n) is 6.17. The van der Waals surface area contributed by atoms with Gasteiger partial charge in [0, 0.05) is 5.92 Å². The van der Waals surface area contributed by atoms with Gasteiger partial charge in [-0.3, -0.25) is 4.79 Å². The van der Waals surface area contributed by atoms with Crippen LogP contribution < -0.4 is 0 Å². The Bertz CT molecular complexity index is 650. The van der Waals surface area contributed by atoms with Crippen LogP contribution in [0.1, 0.15) is 29.3 Å². The lowest BCUT2D eigenvalue weighted by Gasteiger charge is -2.09. The van der Waals surface area contributed by atoms with E-state index in [0.717, 1.165) is 16.8 Å². The van der Waals surface area contributed by atoms with E-state index in [4.69, 9.17) is 5.11 Å². The second kappa shape index (κ2) is 4.15. The summed E-state index contributed by atoms with van der Waals surface area (Å²) in [5, 5.41) is 20.7. The molecule has 2 atom stereocenters. The van der Waals surface area contributed by atoms with Crippen molar-refractivity contribution in [3.63, 3.8) is 0 Å². The first-order valence-corrected chi connectivity index (χ1v) is 6.17. The average Bonchev–Trinajstić information content (AvgIpc) is 3.04. The fraction of sp³-hybridized carbons (Fsp3) is 0.385. The number of carboxylic acid groups (broad SMARTS) is 1. The minimum atomic E-state index is -0.777. The largest absolute Gasteiger partial charge is 0.481 e. The predicted octanol–water partition coefficient (Wildman–Crippen LogP) is 1.47. The topological polar surface area (TPSA) is 80.9 Å². The van der Waals surface area contributed by atoms with Gasteiger partial charge in [0.05, 0.1) is 11.6 Å². The summed E-state index contributed by atoms with van der Waals surface area (Å²) in [6.45, 7) is 4.04. The van der Waals surface area contributed by atoms with Gasteiger partial charge in [0.15, 0.2) is 5.82 Å². The van der Waals surface area contributed by atoms with E-state index in [1.54, 1.807) is 4.68 Å². The summed E-state index contributed by atoms with van der Waals surface area (Å²) in [5.74, 6) is -0.566. The maximum atomic E-state index is 11.0. The van der Waals surface area contributed by atoms with Crippen LogP contribution in [-0.4, -0.2) is 31.3 Å². The van der Waals surface area contributed by atoms with Gasteiger partial charge in [-0.2, -0.15) is 4.68 Å². The minimum Gasteiger partial charge on any atom is -0.481 e. The molecular weight excluding hydrogens is 244 g/mol. The molecule has 19 heavy (non-hydrogen) atoms. The molecule has 1 aromatic carbocycles. The van der Waals surface area contributed by atoms with Crippen molar-refractivity contribution < 1.29 is 9.90 Å². The Morgan fingerprint density at radius 2 is 2.21 bits per heavy atom. The number of benzene rings is 1. The van der Waals surface area contributed by atoms with E-state index in [-0.39, 0.29) is 11.8 Å². The van der Waals surface area contributed by atoms with Crippen molar-refractivity contribution in [1.82, 2.24) is 20.2 Å². The number of aliphatic carboxylic acids is 1. The van der Waals surface area contributed by atoms with Crippen LogP contribution in [0.2, 0.25) is 0 Å². The third-order valence-corrected chi connectivity index (χ3v) is 3.74. The third kappa shape index (κ3) is 1.89. The number of carboxylic acids is 1. The van der Waals surface area contributed by atoms with Gasteiger partial charge >= 0.3 is 5.97 Å². The van der Waals surface area contributed by atoms with Crippen molar-refractivity contribution in [3.05, 3.63) is 35.2 Å². The SMILES string of the molecule is Cc1cccc(-n2nnnc2C2CC2C(=O)O)c1C. The molecule has 0 amide bonds. The summed E-state index contributed by atoms with van der Waals surface area (Å²) < 4.78 is 1.66. The quantitative estimate of drug-likeness (QED) is 0.901. The number of hydrogen-bond donors (Lipinski definition) is 1. The normalized spacial score (nSPS) is 21.4. The van der Waals surface area contributed by atoms with Crippen molar-refractivity contribution in [1.29, 1.82) is 0 Å². The van der Waals surface area contributed by atoms with Crippen LogP contribution in [0.3, 0.4) is 0 Å². The van der Waals surface area contributed by atoms with Gasteiger partial charge in [0.2, 0.25) is 0 Å². The second-order valence-corrected chi connectivity index (χ2v) is 4.95. The third-order valence-electron chi connectivity index (χ3n) is 3.74. The molecule has 1 N–H and O–H groups in total. The molecule has 1 saturated carbocycles. The molecule has 0 bridgehead atoms. The average molecular weight is 258 g/mol. The Morgan fingerprint density at radius 1 is 1.42 bits per heavy atom. The molecule has 98 valence electrons. The van der Waals surface area contributed by atoms with E-state index in [9.17, 15) is 4.79 Å². The molecule has 1 aliphatic rings. The molecule has 0 aliphatic heterocycles. The first-order chi connectivity index (χ1) is 9.09. The smallest absolute Gasteiger partial charge is 0.307 e. The zero-order valence-corrected chi connectivity index (χ0v) is 10.7. The van der Waals surface area contributed by atoms with Crippen LogP contribution in [0.5, 0.6) is 0 Å². The molecule has 3 rings (SSSR count). The molecule has 1 fully saturated rings. The van der Waals surface area contributed by atoms with Crippen molar-refractivity contribution in [3.8, 4) is 5.69 Å². The van der Waals surface area contributed by atoms with Gasteiger partial charge < -0.3 is 5.11 Å². The van der Waals surface area contributed by atoms with Crippen LogP contribution in [0.15, 0.2) is 18.2 Å². The second-order valence-electron chi connectivity index (χ2n) is 4.95. The summed E-state index contributed by atoms with van der Waals surface area (Å²) >= 11 is 0. The van der Waals surface area contributed by atoms with Crippen LogP contribution >= 0.6 is 0 Å². The number of nitrogens with zero attached hydrogens (tertiary/aromatic N) is 4. The number of hydrogen-bond acceptors (Lipinski definition) is 4. The Hall–Kier alpha value is -2.24. The van der Waals surface area contributed by atoms with E-state index in [1.165, 1.54) is 0 Å². The molecule has 6 nitrogen and oxygen atoms in total. The van der Waals surface area contributed by atoms with Crippen molar-refractivity contribution in [2.75, 3.05) is 0 Å². The number of aryl methyl sites for hydroxylation is 1. The summed E-state index contributed by atoms with van der Waals surface area (Å²) in [4.78, 5) is 11.0. The number of carbonyl (C=O) groups is 1. The lowest BCUT2D eigenvalue weighted by molar-refractivity contribution is -0.138. The molecule has 1 aromatic heterocycles. The van der Waals surface area contributed by atoms with Crippen LogP contribution in [0.4, 0.5) is 0 Å². The maximum absolute atomic E-state index is 11.0. The Labute approximate surface area is 110 Å². The van der Waals surface area contributed by atoms with E-state index in [2.05, 4.69) is 15.5 Å². The van der Waals surface area contributed by atoms with Gasteiger partial charge in [-0.25, -0.2) is 0 Å². The van der Waals surface area contributed by atoms with Crippen LogP contribution in [-0.2, 0) is 4.79 Å². The molecule has 2 aromatic rings. The number of tetrazole rings is 1. The zero-order valence-electron chi connectivity index (χ0n) is 10.7. The molecular formula is C13H14N4O2. The highest BCUT2D eigenvalue weighted by Gasteiger charge is 2.47. The van der Waals surface area contributed by atoms with Crippen molar-refractivity contribution >= 4 is 5.97 Å². The maximum Gasteiger partial charge on any atom is 0.307 e. The lowest BCUT2D eigenvalue weighted by atomic mass is 10.1. The molecule has 1 aliphatic carbocycles. The first kappa shape index (κ1) is 11.8. The minimum absolute atomic E-state index is 0.0765. The highest BCUT2D eigenvalue weighted by molar-refractivity contribution is 5.74. The van der Waals surface area contributed by atoms with Gasteiger partial charge in [-0.15, -0.1) is 5.10 Å². The fourth-order valence-electron chi connectivity index (χ4n) is 2.32. The van der Waals surface area contributed by atoms with Crippen molar-refractivity contribution in [2.24, 2.45) is 5.92 Å². The summed E-state index contributed by atoms with van der Waals surface area (Å²) in [7, 11) is 0. The molecule has 0 spiro atoms. The van der Waals surface area contributed by atoms with Crippen molar-refractivity contribution in [2.45, 2.75) is 26.2 Å². The summed E-state index contributed by atoms with van der Waals surface area (Å²) in [6, 6.07) is 5.92. The Balaban J connectivity index is 2.01. The highest BCUT2D eigenvalue weighted by Crippen LogP contribution is 2.46. The molecule has 0 saturated heterocycles.